The lowest BCUT2D eigenvalue weighted by atomic mass is 10.2. The summed E-state index contributed by atoms with van der Waals surface area (Å²) in [7, 11) is -3.99. The Morgan fingerprint density at radius 3 is 2.70 bits per heavy atom. The Bertz CT molecular complexity index is 768. The summed E-state index contributed by atoms with van der Waals surface area (Å²) in [5.74, 6) is -0.416. The van der Waals surface area contributed by atoms with Crippen LogP contribution in [0.5, 0.6) is 5.75 Å². The van der Waals surface area contributed by atoms with Gasteiger partial charge in [0.15, 0.2) is 0 Å². The third-order valence-electron chi connectivity index (χ3n) is 2.51. The van der Waals surface area contributed by atoms with Crippen molar-refractivity contribution < 1.29 is 18.4 Å². The van der Waals surface area contributed by atoms with Crippen LogP contribution in [-0.4, -0.2) is 28.6 Å². The zero-order valence-corrected chi connectivity index (χ0v) is 11.0. The molecule has 0 aliphatic heterocycles. The van der Waals surface area contributed by atoms with Gasteiger partial charge in [0.2, 0.25) is 0 Å². The van der Waals surface area contributed by atoms with Crippen LogP contribution in [-0.2, 0) is 10.0 Å². The van der Waals surface area contributed by atoms with Crippen molar-refractivity contribution in [3.8, 4) is 5.75 Å². The summed E-state index contributed by atoms with van der Waals surface area (Å²) in [6, 6.07) is 3.04. The first-order valence-corrected chi connectivity index (χ1v) is 6.80. The first-order chi connectivity index (χ1) is 9.31. The van der Waals surface area contributed by atoms with E-state index in [1.165, 1.54) is 6.92 Å². The highest BCUT2D eigenvalue weighted by molar-refractivity contribution is 7.92. The molecule has 20 heavy (non-hydrogen) atoms. The maximum atomic E-state index is 12.1. The average molecular weight is 298 g/mol. The van der Waals surface area contributed by atoms with Gasteiger partial charge in [-0.05, 0) is 13.0 Å². The number of anilines is 1. The summed E-state index contributed by atoms with van der Waals surface area (Å²) in [5.41, 5.74) is -0.313. The number of benzene rings is 1. The van der Waals surface area contributed by atoms with Gasteiger partial charge in [-0.15, -0.1) is 0 Å². The molecule has 0 fully saturated rings. The van der Waals surface area contributed by atoms with Gasteiger partial charge in [-0.25, -0.2) is 8.42 Å². The lowest BCUT2D eigenvalue weighted by molar-refractivity contribution is -0.384. The molecule has 1 aromatic carbocycles. The number of nitro groups is 1. The molecule has 0 bridgehead atoms. The topological polar surface area (TPSA) is 138 Å². The van der Waals surface area contributed by atoms with Gasteiger partial charge in [0.05, 0.1) is 22.5 Å². The fourth-order valence-electron chi connectivity index (χ4n) is 1.53. The van der Waals surface area contributed by atoms with E-state index in [-0.39, 0.29) is 16.3 Å². The van der Waals surface area contributed by atoms with Crippen molar-refractivity contribution >= 4 is 21.4 Å². The molecule has 2 rings (SSSR count). The molecule has 106 valence electrons. The van der Waals surface area contributed by atoms with Crippen LogP contribution in [0.15, 0.2) is 29.3 Å². The average Bonchev–Trinajstić information content (AvgIpc) is 2.78. The van der Waals surface area contributed by atoms with E-state index in [1.807, 2.05) is 0 Å². The fraction of sp³-hybridized carbons (Fsp3) is 0.100. The summed E-state index contributed by atoms with van der Waals surface area (Å²) in [4.78, 5) is 9.84. The van der Waals surface area contributed by atoms with E-state index in [0.29, 0.717) is 5.69 Å². The summed E-state index contributed by atoms with van der Waals surface area (Å²) in [6.45, 7) is 1.51. The summed E-state index contributed by atoms with van der Waals surface area (Å²) in [6.07, 6.45) is 1.10. The fourth-order valence-corrected chi connectivity index (χ4v) is 2.73. The van der Waals surface area contributed by atoms with Crippen molar-refractivity contribution in [3.63, 3.8) is 0 Å². The Morgan fingerprint density at radius 2 is 2.15 bits per heavy atom. The minimum Gasteiger partial charge on any atom is -0.506 e. The predicted octanol–water partition coefficient (Wildman–Crippen LogP) is 1.13. The van der Waals surface area contributed by atoms with Crippen molar-refractivity contribution in [2.24, 2.45) is 0 Å². The normalized spacial score (nSPS) is 11.2. The summed E-state index contributed by atoms with van der Waals surface area (Å²) >= 11 is 0. The molecule has 0 aliphatic carbocycles. The number of aromatic nitrogens is 2. The van der Waals surface area contributed by atoms with Crippen LogP contribution < -0.4 is 4.72 Å². The van der Waals surface area contributed by atoms with E-state index in [1.54, 1.807) is 0 Å². The molecule has 0 amide bonds. The molecule has 9 nitrogen and oxygen atoms in total. The Hall–Kier alpha value is -2.62. The molecule has 1 heterocycles. The van der Waals surface area contributed by atoms with Crippen LogP contribution in [0.2, 0.25) is 0 Å². The number of nitrogens with zero attached hydrogens (tertiary/aromatic N) is 2. The number of aromatic amines is 1. The van der Waals surface area contributed by atoms with Gasteiger partial charge >= 0.3 is 0 Å². The number of aryl methyl sites for hydroxylation is 1. The van der Waals surface area contributed by atoms with Gasteiger partial charge in [-0.3, -0.25) is 19.9 Å². The molecule has 0 atom stereocenters. The largest absolute Gasteiger partial charge is 0.506 e. The second kappa shape index (κ2) is 4.81. The molecule has 0 spiro atoms. The van der Waals surface area contributed by atoms with E-state index in [2.05, 4.69) is 14.9 Å². The second-order valence-corrected chi connectivity index (χ2v) is 5.57. The van der Waals surface area contributed by atoms with E-state index < -0.39 is 20.7 Å². The molecular weight excluding hydrogens is 288 g/mol. The number of phenolic OH excluding ortho intramolecular Hbond substituents is 1. The zero-order valence-electron chi connectivity index (χ0n) is 10.2. The van der Waals surface area contributed by atoms with Gasteiger partial charge in [-0.2, -0.15) is 5.10 Å². The quantitative estimate of drug-likeness (QED) is 0.439. The number of phenols is 1. The monoisotopic (exact) mass is 298 g/mol. The van der Waals surface area contributed by atoms with Crippen LogP contribution in [0.4, 0.5) is 11.4 Å². The Balaban J connectivity index is 2.42. The molecular formula is C10H10N4O5S. The molecule has 3 N–H and O–H groups in total. The van der Waals surface area contributed by atoms with Crippen LogP contribution >= 0.6 is 0 Å². The second-order valence-electron chi connectivity index (χ2n) is 3.92. The number of hydrogen-bond acceptors (Lipinski definition) is 6. The highest BCUT2D eigenvalue weighted by atomic mass is 32.2. The third-order valence-corrected chi connectivity index (χ3v) is 3.99. The van der Waals surface area contributed by atoms with E-state index in [9.17, 15) is 23.6 Å². The molecule has 0 aliphatic rings. The number of nitrogens with one attached hydrogen (secondary N) is 2. The van der Waals surface area contributed by atoms with Crippen LogP contribution in [0, 0.1) is 17.0 Å². The van der Waals surface area contributed by atoms with Crippen LogP contribution in [0.1, 0.15) is 5.69 Å². The minimum atomic E-state index is -3.99. The Kier molecular flexibility index (Phi) is 3.32. The van der Waals surface area contributed by atoms with Crippen molar-refractivity contribution in [2.75, 3.05) is 4.72 Å². The van der Waals surface area contributed by atoms with Crippen molar-refractivity contribution in [1.82, 2.24) is 10.2 Å². The Morgan fingerprint density at radius 1 is 1.45 bits per heavy atom. The van der Waals surface area contributed by atoms with Gasteiger partial charge in [0, 0.05) is 12.1 Å². The summed E-state index contributed by atoms with van der Waals surface area (Å²) in [5, 5.41) is 26.3. The van der Waals surface area contributed by atoms with E-state index in [0.717, 1.165) is 24.4 Å². The first-order valence-electron chi connectivity index (χ1n) is 5.31. The molecule has 0 unspecified atom stereocenters. The van der Waals surface area contributed by atoms with Crippen molar-refractivity contribution in [3.05, 3.63) is 40.2 Å². The first kappa shape index (κ1) is 13.8. The number of rotatable bonds is 4. The van der Waals surface area contributed by atoms with Gasteiger partial charge in [0.1, 0.15) is 10.6 Å². The Labute approximate surface area is 113 Å². The number of hydrogen-bond donors (Lipinski definition) is 3. The summed E-state index contributed by atoms with van der Waals surface area (Å²) < 4.78 is 26.2. The number of non-ortho nitro benzene ring substituents is 1. The predicted molar refractivity (Wildman–Crippen MR) is 68.9 cm³/mol. The molecule has 10 heteroatoms. The SMILES string of the molecule is Cc1[nH]ncc1S(=O)(=O)Nc1cc([N+](=O)[O-])ccc1O. The van der Waals surface area contributed by atoms with E-state index in [4.69, 9.17) is 0 Å². The maximum Gasteiger partial charge on any atom is 0.271 e. The van der Waals surface area contributed by atoms with Crippen molar-refractivity contribution in [2.45, 2.75) is 11.8 Å². The van der Waals surface area contributed by atoms with Gasteiger partial charge in [0.25, 0.3) is 15.7 Å². The van der Waals surface area contributed by atoms with Crippen LogP contribution in [0.3, 0.4) is 0 Å². The number of H-pyrrole nitrogens is 1. The third kappa shape index (κ3) is 2.54. The number of sulfonamides is 1. The lowest BCUT2D eigenvalue weighted by Gasteiger charge is -2.08. The van der Waals surface area contributed by atoms with E-state index >= 15 is 0 Å². The van der Waals surface area contributed by atoms with Crippen LogP contribution in [0.25, 0.3) is 0 Å². The number of aromatic hydroxyl groups is 1. The molecule has 0 radical (unpaired) electrons. The smallest absolute Gasteiger partial charge is 0.271 e. The van der Waals surface area contributed by atoms with Gasteiger partial charge in [-0.1, -0.05) is 0 Å². The lowest BCUT2D eigenvalue weighted by Crippen LogP contribution is -2.13. The maximum absolute atomic E-state index is 12.1. The zero-order chi connectivity index (χ0) is 14.9. The number of nitro benzene ring substituents is 1. The molecule has 2 aromatic rings. The highest BCUT2D eigenvalue weighted by Crippen LogP contribution is 2.30. The molecule has 0 saturated carbocycles. The highest BCUT2D eigenvalue weighted by Gasteiger charge is 2.21. The van der Waals surface area contributed by atoms with Gasteiger partial charge < -0.3 is 5.11 Å². The van der Waals surface area contributed by atoms with Crippen molar-refractivity contribution in [1.29, 1.82) is 0 Å². The molecule has 1 aromatic heterocycles. The standard InChI is InChI=1S/C10H10N4O5S/c1-6-10(5-11-12-6)20(18,19)13-8-4-7(14(16)17)2-3-9(8)15/h2-5,13,15H,1H3,(H,11,12). The minimum absolute atomic E-state index is 0.108. The molecule has 0 saturated heterocycles.